The molecule has 0 aliphatic carbocycles. The Morgan fingerprint density at radius 1 is 1.47 bits per heavy atom. The average Bonchev–Trinajstić information content (AvgIpc) is 2.68. The molecule has 0 fully saturated rings. The quantitative estimate of drug-likeness (QED) is 0.660. The van der Waals surface area contributed by atoms with Crippen molar-refractivity contribution in [3.05, 3.63) is 22.4 Å². The van der Waals surface area contributed by atoms with Crippen LogP contribution in [0.1, 0.15) is 24.6 Å². The van der Waals surface area contributed by atoms with Gasteiger partial charge in [-0.05, 0) is 43.8 Å². The molecule has 0 saturated carbocycles. The topological polar surface area (TPSA) is 3.24 Å². The van der Waals surface area contributed by atoms with E-state index in [1.165, 1.54) is 11.3 Å². The van der Waals surface area contributed by atoms with Gasteiger partial charge in [0.25, 0.3) is 0 Å². The molecule has 0 bridgehead atoms. The Balaban J connectivity index is 2.16. The highest BCUT2D eigenvalue weighted by Gasteiger charge is 2.05. The van der Waals surface area contributed by atoms with Crippen molar-refractivity contribution in [2.45, 2.75) is 26.3 Å². The van der Waals surface area contributed by atoms with Crippen molar-refractivity contribution in [2.24, 2.45) is 5.92 Å². The number of hydrogen-bond acceptors (Lipinski definition) is 2. The molecule has 1 nitrogen and oxygen atoms in total. The van der Waals surface area contributed by atoms with Gasteiger partial charge in [0, 0.05) is 17.3 Å². The summed E-state index contributed by atoms with van der Waals surface area (Å²) < 4.78 is 0. The maximum Gasteiger partial charge on any atom is 0.0324 e. The van der Waals surface area contributed by atoms with Crippen LogP contribution < -0.4 is 0 Å². The molecule has 0 aliphatic rings. The first-order valence-electron chi connectivity index (χ1n) is 5.49. The van der Waals surface area contributed by atoms with E-state index in [1.54, 1.807) is 0 Å². The van der Waals surface area contributed by atoms with Crippen molar-refractivity contribution in [1.82, 2.24) is 4.90 Å². The van der Waals surface area contributed by atoms with Gasteiger partial charge in [0.05, 0.1) is 0 Å². The molecule has 1 aromatic rings. The van der Waals surface area contributed by atoms with Gasteiger partial charge in [-0.15, -0.1) is 22.9 Å². The third-order valence-corrected chi connectivity index (χ3v) is 3.69. The highest BCUT2D eigenvalue weighted by molar-refractivity contribution is 7.09. The molecule has 15 heavy (non-hydrogen) atoms. The van der Waals surface area contributed by atoms with Crippen molar-refractivity contribution in [1.29, 1.82) is 0 Å². The standard InChI is InChI=1S/C12H20ClNS/c1-11(5-7-13)6-8-14(2)10-12-4-3-9-15-12/h3-4,9,11H,5-8,10H2,1-2H3. The molecule has 1 aromatic heterocycles. The van der Waals surface area contributed by atoms with Crippen LogP contribution in [0.3, 0.4) is 0 Å². The van der Waals surface area contributed by atoms with Gasteiger partial charge in [-0.3, -0.25) is 0 Å². The molecule has 1 rings (SSSR count). The summed E-state index contributed by atoms with van der Waals surface area (Å²) in [7, 11) is 2.19. The second kappa shape index (κ2) is 7.26. The van der Waals surface area contributed by atoms with Crippen molar-refractivity contribution in [2.75, 3.05) is 19.5 Å². The number of rotatable bonds is 7. The fourth-order valence-corrected chi connectivity index (χ4v) is 2.68. The summed E-state index contributed by atoms with van der Waals surface area (Å²) >= 11 is 7.55. The zero-order valence-electron chi connectivity index (χ0n) is 9.58. The second-order valence-corrected chi connectivity index (χ2v) is 5.60. The number of hydrogen-bond donors (Lipinski definition) is 0. The van der Waals surface area contributed by atoms with Crippen LogP contribution in [0.25, 0.3) is 0 Å². The zero-order chi connectivity index (χ0) is 11.1. The van der Waals surface area contributed by atoms with E-state index in [9.17, 15) is 0 Å². The lowest BCUT2D eigenvalue weighted by molar-refractivity contribution is 0.299. The third-order valence-electron chi connectivity index (χ3n) is 2.61. The molecule has 0 radical (unpaired) electrons. The first kappa shape index (κ1) is 13.0. The number of halogens is 1. The molecule has 3 heteroatoms. The lowest BCUT2D eigenvalue weighted by atomic mass is 10.1. The van der Waals surface area contributed by atoms with E-state index in [2.05, 4.69) is 36.4 Å². The summed E-state index contributed by atoms with van der Waals surface area (Å²) in [6.07, 6.45) is 2.38. The van der Waals surface area contributed by atoms with Crippen LogP contribution in [0, 0.1) is 5.92 Å². The molecule has 1 atom stereocenters. The average molecular weight is 246 g/mol. The number of alkyl halides is 1. The first-order valence-corrected chi connectivity index (χ1v) is 6.90. The second-order valence-electron chi connectivity index (χ2n) is 4.19. The van der Waals surface area contributed by atoms with Crippen molar-refractivity contribution >= 4 is 22.9 Å². The summed E-state index contributed by atoms with van der Waals surface area (Å²) in [6, 6.07) is 4.31. The van der Waals surface area contributed by atoms with E-state index in [0.29, 0.717) is 0 Å². The van der Waals surface area contributed by atoms with Crippen LogP contribution in [-0.2, 0) is 6.54 Å². The summed E-state index contributed by atoms with van der Waals surface area (Å²) in [4.78, 5) is 3.83. The van der Waals surface area contributed by atoms with Gasteiger partial charge in [-0.1, -0.05) is 13.0 Å². The molecule has 0 amide bonds. The Labute approximate surface area is 102 Å². The minimum Gasteiger partial charge on any atom is -0.301 e. The molecule has 0 N–H and O–H groups in total. The van der Waals surface area contributed by atoms with E-state index >= 15 is 0 Å². The van der Waals surface area contributed by atoms with Crippen molar-refractivity contribution < 1.29 is 0 Å². The summed E-state index contributed by atoms with van der Waals surface area (Å²) in [5, 5.41) is 2.14. The van der Waals surface area contributed by atoms with Crippen LogP contribution in [-0.4, -0.2) is 24.4 Å². The minimum absolute atomic E-state index is 0.744. The van der Waals surface area contributed by atoms with Gasteiger partial charge in [0.2, 0.25) is 0 Å². The Hall–Kier alpha value is -0.0500. The first-order chi connectivity index (χ1) is 7.22. The molecule has 0 aliphatic heterocycles. The maximum absolute atomic E-state index is 5.71. The maximum atomic E-state index is 5.71. The van der Waals surface area contributed by atoms with E-state index < -0.39 is 0 Å². The summed E-state index contributed by atoms with van der Waals surface area (Å²) in [5.74, 6) is 1.53. The fourth-order valence-electron chi connectivity index (χ4n) is 1.52. The van der Waals surface area contributed by atoms with E-state index in [1.807, 2.05) is 11.3 Å². The molecular weight excluding hydrogens is 226 g/mol. The van der Waals surface area contributed by atoms with Gasteiger partial charge < -0.3 is 4.90 Å². The lowest BCUT2D eigenvalue weighted by Crippen LogP contribution is -2.20. The lowest BCUT2D eigenvalue weighted by Gasteiger charge is -2.18. The molecule has 0 saturated heterocycles. The Morgan fingerprint density at radius 2 is 2.27 bits per heavy atom. The predicted molar refractivity (Wildman–Crippen MR) is 69.8 cm³/mol. The van der Waals surface area contributed by atoms with Crippen molar-refractivity contribution in [3.8, 4) is 0 Å². The fraction of sp³-hybridized carbons (Fsp3) is 0.667. The minimum atomic E-state index is 0.744. The molecule has 86 valence electrons. The molecule has 0 aromatic carbocycles. The van der Waals surface area contributed by atoms with Gasteiger partial charge in [-0.2, -0.15) is 0 Å². The summed E-state index contributed by atoms with van der Waals surface area (Å²) in [6.45, 7) is 4.52. The van der Waals surface area contributed by atoms with Gasteiger partial charge in [0.15, 0.2) is 0 Å². The Bertz CT molecular complexity index is 248. The van der Waals surface area contributed by atoms with Gasteiger partial charge >= 0.3 is 0 Å². The zero-order valence-corrected chi connectivity index (χ0v) is 11.2. The highest BCUT2D eigenvalue weighted by atomic mass is 35.5. The predicted octanol–water partition coefficient (Wildman–Crippen LogP) is 3.84. The van der Waals surface area contributed by atoms with Crippen LogP contribution in [0.2, 0.25) is 0 Å². The van der Waals surface area contributed by atoms with Crippen LogP contribution >= 0.6 is 22.9 Å². The molecular formula is C12H20ClNS. The van der Waals surface area contributed by atoms with Crippen molar-refractivity contribution in [3.63, 3.8) is 0 Å². The van der Waals surface area contributed by atoms with E-state index in [0.717, 1.165) is 31.3 Å². The van der Waals surface area contributed by atoms with Crippen LogP contribution in [0.15, 0.2) is 17.5 Å². The van der Waals surface area contributed by atoms with Gasteiger partial charge in [-0.25, -0.2) is 0 Å². The van der Waals surface area contributed by atoms with Gasteiger partial charge in [0.1, 0.15) is 0 Å². The normalized spacial score (nSPS) is 13.3. The molecule has 1 unspecified atom stereocenters. The highest BCUT2D eigenvalue weighted by Crippen LogP contribution is 2.13. The monoisotopic (exact) mass is 245 g/mol. The number of nitrogens with zero attached hydrogens (tertiary/aromatic N) is 1. The Kier molecular flexibility index (Phi) is 6.30. The van der Waals surface area contributed by atoms with Crippen LogP contribution in [0.4, 0.5) is 0 Å². The van der Waals surface area contributed by atoms with E-state index in [-0.39, 0.29) is 0 Å². The largest absolute Gasteiger partial charge is 0.301 e. The third kappa shape index (κ3) is 5.55. The number of thiophene rings is 1. The SMILES string of the molecule is CC(CCCl)CCN(C)Cc1cccs1. The van der Waals surface area contributed by atoms with E-state index in [4.69, 9.17) is 11.6 Å². The molecule has 1 heterocycles. The van der Waals surface area contributed by atoms with Crippen LogP contribution in [0.5, 0.6) is 0 Å². The smallest absolute Gasteiger partial charge is 0.0324 e. The summed E-state index contributed by atoms with van der Waals surface area (Å²) in [5.41, 5.74) is 0. The molecule has 0 spiro atoms. The Morgan fingerprint density at radius 3 is 2.87 bits per heavy atom.